The molecule has 0 aliphatic rings. The third-order valence-corrected chi connectivity index (χ3v) is 2.27. The van der Waals surface area contributed by atoms with Crippen LogP contribution in [0.5, 0.6) is 0 Å². The molecular weight excluding hydrogens is 236 g/mol. The second-order valence-electron chi connectivity index (χ2n) is 3.81. The Morgan fingerprint density at radius 2 is 2.28 bits per heavy atom. The Hall–Kier alpha value is -1.96. The van der Waals surface area contributed by atoms with Gasteiger partial charge in [0.2, 0.25) is 11.8 Å². The minimum atomic E-state index is -0.213. The fourth-order valence-corrected chi connectivity index (χ4v) is 1.33. The lowest BCUT2D eigenvalue weighted by molar-refractivity contribution is -0.135. The molecule has 1 rings (SSSR count). The van der Waals surface area contributed by atoms with Crippen molar-refractivity contribution in [3.05, 3.63) is 11.9 Å². The van der Waals surface area contributed by atoms with Crippen molar-refractivity contribution in [2.75, 3.05) is 20.1 Å². The Morgan fingerprint density at radius 1 is 1.56 bits per heavy atom. The molecule has 0 radical (unpaired) electrons. The number of carbonyl (C=O) groups excluding carboxylic acids is 2. The van der Waals surface area contributed by atoms with Gasteiger partial charge in [-0.2, -0.15) is 0 Å². The van der Waals surface area contributed by atoms with Crippen LogP contribution in [0.1, 0.15) is 12.6 Å². The zero-order valence-corrected chi connectivity index (χ0v) is 10.6. The lowest BCUT2D eigenvalue weighted by Gasteiger charge is -2.16. The molecule has 0 saturated carbocycles. The molecule has 8 heteroatoms. The van der Waals surface area contributed by atoms with Crippen molar-refractivity contribution in [2.45, 2.75) is 20.0 Å². The Morgan fingerprint density at radius 3 is 2.83 bits per heavy atom. The van der Waals surface area contributed by atoms with Gasteiger partial charge in [0, 0.05) is 20.1 Å². The highest BCUT2D eigenvalue weighted by Crippen LogP contribution is 1.94. The quantitative estimate of drug-likeness (QED) is 0.631. The normalized spacial score (nSPS) is 10.2. The number of amides is 2. The van der Waals surface area contributed by atoms with Gasteiger partial charge in [-0.25, -0.2) is 4.68 Å². The van der Waals surface area contributed by atoms with Crippen LogP contribution in [0.2, 0.25) is 0 Å². The highest BCUT2D eigenvalue weighted by atomic mass is 16.2. The predicted octanol–water partition coefficient (Wildman–Crippen LogP) is -1.67. The Kier molecular flexibility index (Phi) is 5.25. The largest absolute Gasteiger partial charge is 0.355 e. The molecule has 0 atom stereocenters. The first-order valence-corrected chi connectivity index (χ1v) is 5.66. The van der Waals surface area contributed by atoms with Crippen molar-refractivity contribution in [3.63, 3.8) is 0 Å². The SMILES string of the molecule is CCNC(=O)CN(C)C(=O)Cn1cc(CN)nn1. The fourth-order valence-electron chi connectivity index (χ4n) is 1.33. The maximum absolute atomic E-state index is 11.8. The van der Waals surface area contributed by atoms with E-state index in [9.17, 15) is 9.59 Å². The van der Waals surface area contributed by atoms with E-state index in [1.807, 2.05) is 6.92 Å². The molecule has 18 heavy (non-hydrogen) atoms. The summed E-state index contributed by atoms with van der Waals surface area (Å²) >= 11 is 0. The monoisotopic (exact) mass is 254 g/mol. The third-order valence-electron chi connectivity index (χ3n) is 2.27. The van der Waals surface area contributed by atoms with Gasteiger partial charge in [0.25, 0.3) is 0 Å². The first-order valence-electron chi connectivity index (χ1n) is 5.66. The van der Waals surface area contributed by atoms with Gasteiger partial charge in [-0.05, 0) is 6.92 Å². The third kappa shape index (κ3) is 4.13. The van der Waals surface area contributed by atoms with Gasteiger partial charge >= 0.3 is 0 Å². The second-order valence-corrected chi connectivity index (χ2v) is 3.81. The summed E-state index contributed by atoms with van der Waals surface area (Å²) in [6.07, 6.45) is 1.61. The summed E-state index contributed by atoms with van der Waals surface area (Å²) in [5.74, 6) is -0.399. The van der Waals surface area contributed by atoms with E-state index in [1.165, 1.54) is 9.58 Å². The molecular formula is C10H18N6O2. The summed E-state index contributed by atoms with van der Waals surface area (Å²) in [5.41, 5.74) is 6.01. The number of nitrogens with zero attached hydrogens (tertiary/aromatic N) is 4. The zero-order valence-electron chi connectivity index (χ0n) is 10.6. The number of nitrogens with two attached hydrogens (primary N) is 1. The molecule has 0 saturated heterocycles. The maximum atomic E-state index is 11.8. The summed E-state index contributed by atoms with van der Waals surface area (Å²) in [5, 5.41) is 10.2. The van der Waals surface area contributed by atoms with Crippen molar-refractivity contribution >= 4 is 11.8 Å². The van der Waals surface area contributed by atoms with Gasteiger partial charge in [-0.15, -0.1) is 5.10 Å². The number of nitrogens with one attached hydrogen (secondary N) is 1. The maximum Gasteiger partial charge on any atom is 0.244 e. The minimum absolute atomic E-state index is 0.0329. The smallest absolute Gasteiger partial charge is 0.244 e. The van der Waals surface area contributed by atoms with E-state index in [-0.39, 0.29) is 31.4 Å². The average molecular weight is 254 g/mol. The van der Waals surface area contributed by atoms with Crippen LogP contribution < -0.4 is 11.1 Å². The van der Waals surface area contributed by atoms with E-state index in [4.69, 9.17) is 5.73 Å². The molecule has 0 aromatic carbocycles. The predicted molar refractivity (Wildman–Crippen MR) is 64.2 cm³/mol. The van der Waals surface area contributed by atoms with Crippen LogP contribution in [0.25, 0.3) is 0 Å². The van der Waals surface area contributed by atoms with E-state index < -0.39 is 0 Å². The molecule has 1 aromatic rings. The number of rotatable bonds is 6. The van der Waals surface area contributed by atoms with Crippen LogP contribution >= 0.6 is 0 Å². The van der Waals surface area contributed by atoms with Crippen molar-refractivity contribution in [3.8, 4) is 0 Å². The van der Waals surface area contributed by atoms with Gasteiger partial charge in [-0.1, -0.05) is 5.21 Å². The second kappa shape index (κ2) is 6.70. The molecule has 0 aliphatic carbocycles. The lowest BCUT2D eigenvalue weighted by atomic mass is 10.4. The molecule has 0 unspecified atom stereocenters. The van der Waals surface area contributed by atoms with Crippen LogP contribution in [0.3, 0.4) is 0 Å². The van der Waals surface area contributed by atoms with Gasteiger partial charge in [0.05, 0.1) is 18.4 Å². The van der Waals surface area contributed by atoms with Gasteiger partial charge in [0.15, 0.2) is 0 Å². The topological polar surface area (TPSA) is 106 Å². The molecule has 1 heterocycles. The van der Waals surface area contributed by atoms with E-state index >= 15 is 0 Å². The van der Waals surface area contributed by atoms with Crippen LogP contribution in [-0.2, 0) is 22.7 Å². The van der Waals surface area contributed by atoms with Crippen LogP contribution in [0, 0.1) is 0 Å². The zero-order chi connectivity index (χ0) is 13.5. The molecule has 3 N–H and O–H groups in total. The number of hydrogen-bond donors (Lipinski definition) is 2. The molecule has 8 nitrogen and oxygen atoms in total. The standard InChI is InChI=1S/C10H18N6O2/c1-3-12-9(17)6-15(2)10(18)7-16-5-8(4-11)13-14-16/h5H,3-4,6-7,11H2,1-2H3,(H,12,17). The number of carbonyl (C=O) groups is 2. The van der Waals surface area contributed by atoms with E-state index in [1.54, 1.807) is 13.2 Å². The average Bonchev–Trinajstić information content (AvgIpc) is 2.76. The lowest BCUT2D eigenvalue weighted by Crippen LogP contribution is -2.39. The first kappa shape index (κ1) is 14.1. The number of likely N-dealkylation sites (N-methyl/N-ethyl adjacent to an activating group) is 2. The fraction of sp³-hybridized carbons (Fsp3) is 0.600. The number of aromatic nitrogens is 3. The molecule has 1 aromatic heterocycles. The van der Waals surface area contributed by atoms with Crippen molar-refractivity contribution in [1.82, 2.24) is 25.2 Å². The Labute approximate surface area is 105 Å². The summed E-state index contributed by atoms with van der Waals surface area (Å²) < 4.78 is 1.40. The van der Waals surface area contributed by atoms with E-state index in [0.717, 1.165) is 0 Å². The van der Waals surface area contributed by atoms with E-state index in [0.29, 0.717) is 12.2 Å². The highest BCUT2D eigenvalue weighted by Gasteiger charge is 2.13. The molecule has 0 fully saturated rings. The Balaban J connectivity index is 2.46. The van der Waals surface area contributed by atoms with Gasteiger partial charge < -0.3 is 16.0 Å². The van der Waals surface area contributed by atoms with Gasteiger partial charge in [0.1, 0.15) is 6.54 Å². The summed E-state index contributed by atoms with van der Waals surface area (Å²) in [4.78, 5) is 24.4. The summed E-state index contributed by atoms with van der Waals surface area (Å²) in [6.45, 7) is 2.73. The van der Waals surface area contributed by atoms with Crippen molar-refractivity contribution in [1.29, 1.82) is 0 Å². The van der Waals surface area contributed by atoms with Crippen molar-refractivity contribution < 1.29 is 9.59 Å². The number of hydrogen-bond acceptors (Lipinski definition) is 5. The van der Waals surface area contributed by atoms with E-state index in [2.05, 4.69) is 15.6 Å². The van der Waals surface area contributed by atoms with Crippen molar-refractivity contribution in [2.24, 2.45) is 5.73 Å². The minimum Gasteiger partial charge on any atom is -0.355 e. The molecule has 100 valence electrons. The summed E-state index contributed by atoms with van der Waals surface area (Å²) in [6, 6.07) is 0. The molecule has 0 aliphatic heterocycles. The van der Waals surface area contributed by atoms with Crippen LogP contribution in [0.15, 0.2) is 6.20 Å². The van der Waals surface area contributed by atoms with Gasteiger partial charge in [-0.3, -0.25) is 9.59 Å². The van der Waals surface area contributed by atoms with Crippen LogP contribution in [0.4, 0.5) is 0 Å². The van der Waals surface area contributed by atoms with Crippen LogP contribution in [-0.4, -0.2) is 51.8 Å². The summed E-state index contributed by atoms with van der Waals surface area (Å²) in [7, 11) is 1.57. The molecule has 0 spiro atoms. The highest BCUT2D eigenvalue weighted by molar-refractivity contribution is 5.84. The first-order chi connectivity index (χ1) is 8.56. The Bertz CT molecular complexity index is 416. The molecule has 2 amide bonds. The molecule has 0 bridgehead atoms.